The summed E-state index contributed by atoms with van der Waals surface area (Å²) in [4.78, 5) is 6.94. The van der Waals surface area contributed by atoms with E-state index in [-0.39, 0.29) is 12.0 Å². The van der Waals surface area contributed by atoms with Crippen LogP contribution in [0.15, 0.2) is 29.3 Å². The van der Waals surface area contributed by atoms with Crippen molar-refractivity contribution in [2.75, 3.05) is 60.2 Å². The molecule has 0 atom stereocenters. The molecule has 0 fully saturated rings. The number of aliphatic hydroxyl groups excluding tert-OH is 1. The summed E-state index contributed by atoms with van der Waals surface area (Å²) in [6.07, 6.45) is 2.85. The van der Waals surface area contributed by atoms with Gasteiger partial charge >= 0.3 is 0 Å². The maximum atomic E-state index is 9.45. The van der Waals surface area contributed by atoms with E-state index in [9.17, 15) is 5.11 Å². The van der Waals surface area contributed by atoms with Gasteiger partial charge in [0.1, 0.15) is 12.4 Å². The average Bonchev–Trinajstić information content (AvgIpc) is 2.79. The van der Waals surface area contributed by atoms with E-state index in [0.717, 1.165) is 69.3 Å². The number of hydrogen-bond acceptors (Lipinski definition) is 5. The van der Waals surface area contributed by atoms with Crippen molar-refractivity contribution in [3.63, 3.8) is 0 Å². The highest BCUT2D eigenvalue weighted by Crippen LogP contribution is 2.29. The van der Waals surface area contributed by atoms with Crippen LogP contribution in [0.25, 0.3) is 0 Å². The Hall–Kier alpha value is -1.83. The molecule has 0 aromatic heterocycles. The minimum Gasteiger partial charge on any atom is -0.492 e. The average molecular weight is 437 g/mol. The van der Waals surface area contributed by atoms with Gasteiger partial charge in [-0.25, -0.2) is 4.99 Å². The molecular formula is C24H44N4O3. The number of ether oxygens (including phenoxy) is 2. The van der Waals surface area contributed by atoms with Crippen LogP contribution >= 0.6 is 0 Å². The van der Waals surface area contributed by atoms with E-state index in [1.807, 2.05) is 12.1 Å². The fraction of sp³-hybridized carbons (Fsp3) is 0.708. The first-order valence-electron chi connectivity index (χ1n) is 11.5. The molecule has 0 heterocycles. The first kappa shape index (κ1) is 27.2. The first-order valence-corrected chi connectivity index (χ1v) is 11.5. The van der Waals surface area contributed by atoms with E-state index < -0.39 is 0 Å². The van der Waals surface area contributed by atoms with Crippen LogP contribution in [0.2, 0.25) is 0 Å². The summed E-state index contributed by atoms with van der Waals surface area (Å²) in [6, 6.07) is 8.11. The smallest absolute Gasteiger partial charge is 0.191 e. The van der Waals surface area contributed by atoms with Crippen molar-refractivity contribution < 1.29 is 14.6 Å². The predicted octanol–water partition coefficient (Wildman–Crippen LogP) is 2.89. The van der Waals surface area contributed by atoms with Gasteiger partial charge in [0, 0.05) is 39.9 Å². The molecule has 1 aromatic rings. The normalized spacial score (nSPS) is 12.3. The Morgan fingerprint density at radius 3 is 2.52 bits per heavy atom. The molecule has 3 N–H and O–H groups in total. The van der Waals surface area contributed by atoms with Crippen LogP contribution in [0.5, 0.6) is 5.75 Å². The highest BCUT2D eigenvalue weighted by Gasteiger charge is 2.25. The fourth-order valence-electron chi connectivity index (χ4n) is 3.37. The molecule has 0 saturated heterocycles. The molecule has 0 bridgehead atoms. The minimum atomic E-state index is 0.0924. The number of nitrogens with zero attached hydrogens (tertiary/aromatic N) is 2. The molecule has 7 nitrogen and oxygen atoms in total. The molecule has 31 heavy (non-hydrogen) atoms. The SMILES string of the molecule is CCNC(=NCc1cccc(OCCN(C)CCOC)c1)NCC(CC)(CC)CCO. The second kappa shape index (κ2) is 15.9. The lowest BCUT2D eigenvalue weighted by molar-refractivity contribution is 0.150. The van der Waals surface area contributed by atoms with Crippen molar-refractivity contribution in [2.45, 2.75) is 46.6 Å². The summed E-state index contributed by atoms with van der Waals surface area (Å²) >= 11 is 0. The minimum absolute atomic E-state index is 0.0924. The summed E-state index contributed by atoms with van der Waals surface area (Å²) < 4.78 is 11.0. The van der Waals surface area contributed by atoms with Gasteiger partial charge in [-0.3, -0.25) is 0 Å². The summed E-state index contributed by atoms with van der Waals surface area (Å²) in [6.45, 7) is 11.9. The highest BCUT2D eigenvalue weighted by atomic mass is 16.5. The van der Waals surface area contributed by atoms with Gasteiger partial charge in [-0.1, -0.05) is 26.0 Å². The van der Waals surface area contributed by atoms with E-state index in [4.69, 9.17) is 14.5 Å². The molecule has 1 rings (SSSR count). The third kappa shape index (κ3) is 10.8. The van der Waals surface area contributed by atoms with Crippen LogP contribution in [-0.4, -0.2) is 76.1 Å². The molecule has 0 aliphatic rings. The Morgan fingerprint density at radius 1 is 1.13 bits per heavy atom. The van der Waals surface area contributed by atoms with Gasteiger partial charge in [-0.05, 0) is 56.3 Å². The van der Waals surface area contributed by atoms with Gasteiger partial charge in [0.25, 0.3) is 0 Å². The van der Waals surface area contributed by atoms with Gasteiger partial charge in [0.2, 0.25) is 0 Å². The zero-order valence-electron chi connectivity index (χ0n) is 20.2. The largest absolute Gasteiger partial charge is 0.492 e. The van der Waals surface area contributed by atoms with Gasteiger partial charge in [-0.15, -0.1) is 0 Å². The van der Waals surface area contributed by atoms with E-state index in [2.05, 4.69) is 55.5 Å². The van der Waals surface area contributed by atoms with Crippen molar-refractivity contribution in [1.29, 1.82) is 0 Å². The summed E-state index contributed by atoms with van der Waals surface area (Å²) in [5.74, 6) is 1.67. The molecule has 0 spiro atoms. The van der Waals surface area contributed by atoms with Crippen LogP contribution in [0.4, 0.5) is 0 Å². The van der Waals surface area contributed by atoms with E-state index in [1.165, 1.54) is 0 Å². The Kier molecular flexibility index (Phi) is 13.9. The molecule has 0 aliphatic carbocycles. The standard InChI is InChI=1S/C24H44N4O3/c1-6-24(7-2,12-15-29)20-27-23(25-8-3)26-19-21-10-9-11-22(18-21)31-17-14-28(4)13-16-30-5/h9-11,18,29H,6-8,12-17,19-20H2,1-5H3,(H2,25,26,27). The third-order valence-corrected chi connectivity index (χ3v) is 5.85. The maximum Gasteiger partial charge on any atom is 0.191 e. The maximum absolute atomic E-state index is 9.45. The molecule has 7 heteroatoms. The second-order valence-corrected chi connectivity index (χ2v) is 8.02. The number of aliphatic hydroxyl groups is 1. The van der Waals surface area contributed by atoms with Gasteiger partial charge in [0.15, 0.2) is 5.96 Å². The number of hydrogen-bond donors (Lipinski definition) is 3. The molecule has 0 unspecified atom stereocenters. The van der Waals surface area contributed by atoms with E-state index in [0.29, 0.717) is 13.2 Å². The van der Waals surface area contributed by atoms with Crippen molar-refractivity contribution in [3.05, 3.63) is 29.8 Å². The Morgan fingerprint density at radius 2 is 1.87 bits per heavy atom. The van der Waals surface area contributed by atoms with Crippen molar-refractivity contribution in [3.8, 4) is 5.75 Å². The Bertz CT molecular complexity index is 621. The van der Waals surface area contributed by atoms with Crippen molar-refractivity contribution >= 4 is 5.96 Å². The third-order valence-electron chi connectivity index (χ3n) is 5.85. The zero-order chi connectivity index (χ0) is 23.0. The number of likely N-dealkylation sites (N-methyl/N-ethyl adjacent to an activating group) is 1. The molecule has 0 amide bonds. The lowest BCUT2D eigenvalue weighted by Gasteiger charge is -2.32. The molecule has 1 aromatic carbocycles. The molecule has 178 valence electrons. The molecule has 0 radical (unpaired) electrons. The van der Waals surface area contributed by atoms with Gasteiger partial charge in [0.05, 0.1) is 13.2 Å². The number of rotatable bonds is 16. The number of aliphatic imine (C=N–C) groups is 1. The van der Waals surface area contributed by atoms with Gasteiger partial charge in [-0.2, -0.15) is 0 Å². The summed E-state index contributed by atoms with van der Waals surface area (Å²) in [5.41, 5.74) is 1.20. The monoisotopic (exact) mass is 436 g/mol. The highest BCUT2D eigenvalue weighted by molar-refractivity contribution is 5.79. The second-order valence-electron chi connectivity index (χ2n) is 8.02. The van der Waals surface area contributed by atoms with Crippen LogP contribution in [-0.2, 0) is 11.3 Å². The molecule has 0 aliphatic heterocycles. The van der Waals surface area contributed by atoms with Crippen LogP contribution in [0.3, 0.4) is 0 Å². The quantitative estimate of drug-likeness (QED) is 0.273. The van der Waals surface area contributed by atoms with Crippen molar-refractivity contribution in [2.24, 2.45) is 10.4 Å². The van der Waals surface area contributed by atoms with Crippen LogP contribution in [0.1, 0.15) is 45.6 Å². The first-order chi connectivity index (χ1) is 15.0. The Labute approximate surface area is 189 Å². The Balaban J connectivity index is 2.64. The topological polar surface area (TPSA) is 78.4 Å². The number of guanidine groups is 1. The van der Waals surface area contributed by atoms with Crippen LogP contribution < -0.4 is 15.4 Å². The van der Waals surface area contributed by atoms with Crippen molar-refractivity contribution in [1.82, 2.24) is 15.5 Å². The number of benzene rings is 1. The number of nitrogens with one attached hydrogen (secondary N) is 2. The summed E-state index contributed by atoms with van der Waals surface area (Å²) in [7, 11) is 3.78. The zero-order valence-corrected chi connectivity index (χ0v) is 20.2. The van der Waals surface area contributed by atoms with Crippen LogP contribution in [0, 0.1) is 5.41 Å². The number of methoxy groups -OCH3 is 1. The lowest BCUT2D eigenvalue weighted by Crippen LogP contribution is -2.43. The van der Waals surface area contributed by atoms with E-state index in [1.54, 1.807) is 7.11 Å². The fourth-order valence-corrected chi connectivity index (χ4v) is 3.37. The summed E-state index contributed by atoms with van der Waals surface area (Å²) in [5, 5.41) is 16.2. The van der Waals surface area contributed by atoms with E-state index >= 15 is 0 Å². The lowest BCUT2D eigenvalue weighted by atomic mass is 9.79. The van der Waals surface area contributed by atoms with Gasteiger partial charge < -0.3 is 30.1 Å². The molecular weight excluding hydrogens is 392 g/mol. The predicted molar refractivity (Wildman–Crippen MR) is 129 cm³/mol. The molecule has 0 saturated carbocycles.